The van der Waals surface area contributed by atoms with E-state index in [-0.39, 0.29) is 6.10 Å². The number of hydrogen-bond donors (Lipinski definition) is 1. The quantitative estimate of drug-likeness (QED) is 0.766. The molecule has 0 aromatic carbocycles. The highest BCUT2D eigenvalue weighted by Gasteiger charge is 2.28. The molecule has 8 nitrogen and oxygen atoms in total. The summed E-state index contributed by atoms with van der Waals surface area (Å²) in [5.41, 5.74) is 2.08. The summed E-state index contributed by atoms with van der Waals surface area (Å²) in [6.07, 6.45) is 7.83. The SMILES string of the molecule is CCn1cc([C@@H]2OCCC[C@H]2CNc2cc(C)nc3ncnn23)cn1. The summed E-state index contributed by atoms with van der Waals surface area (Å²) in [5.74, 6) is 1.91. The average molecular weight is 341 g/mol. The van der Waals surface area contributed by atoms with Gasteiger partial charge in [-0.25, -0.2) is 4.98 Å². The van der Waals surface area contributed by atoms with Gasteiger partial charge in [0.25, 0.3) is 5.78 Å². The summed E-state index contributed by atoms with van der Waals surface area (Å²) in [6, 6.07) is 2.00. The number of ether oxygens (including phenoxy) is 1. The molecule has 3 aromatic heterocycles. The van der Waals surface area contributed by atoms with Crippen molar-refractivity contribution in [3.63, 3.8) is 0 Å². The van der Waals surface area contributed by atoms with Crippen molar-refractivity contribution in [2.45, 2.75) is 39.3 Å². The number of fused-ring (bicyclic) bond motifs is 1. The van der Waals surface area contributed by atoms with Gasteiger partial charge in [-0.3, -0.25) is 4.68 Å². The van der Waals surface area contributed by atoms with E-state index in [0.29, 0.717) is 11.7 Å². The minimum atomic E-state index is 0.0794. The molecule has 1 saturated heterocycles. The molecule has 0 unspecified atom stereocenters. The Kier molecular flexibility index (Phi) is 4.35. The lowest BCUT2D eigenvalue weighted by molar-refractivity contribution is -0.0239. The van der Waals surface area contributed by atoms with Gasteiger partial charge in [-0.2, -0.15) is 19.7 Å². The molecule has 8 heteroatoms. The van der Waals surface area contributed by atoms with E-state index in [2.05, 4.69) is 38.6 Å². The summed E-state index contributed by atoms with van der Waals surface area (Å²) in [5, 5.41) is 12.2. The van der Waals surface area contributed by atoms with E-state index in [0.717, 1.165) is 49.6 Å². The fourth-order valence-electron chi connectivity index (χ4n) is 3.41. The van der Waals surface area contributed by atoms with Gasteiger partial charge in [0.2, 0.25) is 0 Å². The number of nitrogens with one attached hydrogen (secondary N) is 1. The second-order valence-electron chi connectivity index (χ2n) is 6.46. The van der Waals surface area contributed by atoms with Crippen molar-refractivity contribution in [1.29, 1.82) is 0 Å². The van der Waals surface area contributed by atoms with Crippen LogP contribution in [0.3, 0.4) is 0 Å². The van der Waals surface area contributed by atoms with Crippen molar-refractivity contribution in [2.75, 3.05) is 18.5 Å². The van der Waals surface area contributed by atoms with Crippen molar-refractivity contribution in [1.82, 2.24) is 29.4 Å². The first kappa shape index (κ1) is 16.0. The van der Waals surface area contributed by atoms with Crippen molar-refractivity contribution >= 4 is 11.6 Å². The van der Waals surface area contributed by atoms with Crippen LogP contribution in [-0.4, -0.2) is 42.5 Å². The maximum absolute atomic E-state index is 6.08. The normalized spacial score (nSPS) is 20.9. The molecular weight excluding hydrogens is 318 g/mol. The minimum absolute atomic E-state index is 0.0794. The molecule has 4 rings (SSSR count). The molecule has 3 aromatic rings. The maximum atomic E-state index is 6.08. The van der Waals surface area contributed by atoms with Crippen LogP contribution >= 0.6 is 0 Å². The zero-order valence-corrected chi connectivity index (χ0v) is 14.6. The second kappa shape index (κ2) is 6.79. The monoisotopic (exact) mass is 341 g/mol. The fourth-order valence-corrected chi connectivity index (χ4v) is 3.41. The largest absolute Gasteiger partial charge is 0.373 e. The molecule has 0 bridgehead atoms. The average Bonchev–Trinajstić information content (AvgIpc) is 3.28. The van der Waals surface area contributed by atoms with Crippen LogP contribution in [-0.2, 0) is 11.3 Å². The standard InChI is InChI=1S/C17H23N7O/c1-3-23-10-14(9-20-23)16-13(5-4-6-25-16)8-18-15-7-12(2)22-17-19-11-21-24(15)17/h7,9-11,13,16,18H,3-6,8H2,1-2H3/t13-,16+/m0/s1. The first-order valence-corrected chi connectivity index (χ1v) is 8.80. The predicted octanol–water partition coefficient (Wildman–Crippen LogP) is 2.23. The van der Waals surface area contributed by atoms with Crippen molar-refractivity contribution in [2.24, 2.45) is 5.92 Å². The summed E-state index contributed by atoms with van der Waals surface area (Å²) in [7, 11) is 0. The molecule has 1 fully saturated rings. The molecule has 1 aliphatic heterocycles. The lowest BCUT2D eigenvalue weighted by atomic mass is 9.91. The Hall–Kier alpha value is -2.48. The van der Waals surface area contributed by atoms with E-state index < -0.39 is 0 Å². The highest BCUT2D eigenvalue weighted by Crippen LogP contribution is 2.33. The lowest BCUT2D eigenvalue weighted by Crippen LogP contribution is -2.28. The van der Waals surface area contributed by atoms with E-state index in [1.165, 1.54) is 6.33 Å². The lowest BCUT2D eigenvalue weighted by Gasteiger charge is -2.31. The zero-order valence-electron chi connectivity index (χ0n) is 14.6. The Balaban J connectivity index is 1.52. The summed E-state index contributed by atoms with van der Waals surface area (Å²) in [6.45, 7) is 6.54. The highest BCUT2D eigenvalue weighted by molar-refractivity contribution is 5.44. The topological polar surface area (TPSA) is 82.2 Å². The Bertz CT molecular complexity index is 856. The smallest absolute Gasteiger partial charge is 0.254 e. The number of aromatic nitrogens is 6. The van der Waals surface area contributed by atoms with Crippen molar-refractivity contribution in [3.8, 4) is 0 Å². The van der Waals surface area contributed by atoms with Crippen LogP contribution < -0.4 is 5.32 Å². The van der Waals surface area contributed by atoms with Gasteiger partial charge >= 0.3 is 0 Å². The van der Waals surface area contributed by atoms with Gasteiger partial charge in [-0.1, -0.05) is 0 Å². The van der Waals surface area contributed by atoms with E-state index >= 15 is 0 Å². The molecule has 25 heavy (non-hydrogen) atoms. The Morgan fingerprint density at radius 3 is 3.12 bits per heavy atom. The Morgan fingerprint density at radius 1 is 1.36 bits per heavy atom. The second-order valence-corrected chi connectivity index (χ2v) is 6.46. The molecule has 132 valence electrons. The van der Waals surface area contributed by atoms with E-state index in [9.17, 15) is 0 Å². The summed E-state index contributed by atoms with van der Waals surface area (Å²) >= 11 is 0. The van der Waals surface area contributed by atoms with Crippen LogP contribution in [0.5, 0.6) is 0 Å². The first-order valence-electron chi connectivity index (χ1n) is 8.80. The molecular formula is C17H23N7O. The number of rotatable bonds is 5. The van der Waals surface area contributed by atoms with Gasteiger partial charge in [0.1, 0.15) is 12.1 Å². The highest BCUT2D eigenvalue weighted by atomic mass is 16.5. The van der Waals surface area contributed by atoms with Crippen molar-refractivity contribution < 1.29 is 4.74 Å². The number of hydrogen-bond acceptors (Lipinski definition) is 6. The van der Waals surface area contributed by atoms with Gasteiger partial charge in [0.15, 0.2) is 0 Å². The zero-order chi connectivity index (χ0) is 17.2. The molecule has 1 N–H and O–H groups in total. The van der Waals surface area contributed by atoms with E-state index in [1.54, 1.807) is 4.52 Å². The van der Waals surface area contributed by atoms with Gasteiger partial charge in [0.05, 0.1) is 12.3 Å². The van der Waals surface area contributed by atoms with Gasteiger partial charge in [0, 0.05) is 49.1 Å². The van der Waals surface area contributed by atoms with Gasteiger partial charge in [-0.05, 0) is 26.7 Å². The molecule has 2 atom stereocenters. The first-order chi connectivity index (χ1) is 12.2. The third-order valence-corrected chi connectivity index (χ3v) is 4.68. The van der Waals surface area contributed by atoms with Gasteiger partial charge < -0.3 is 10.1 Å². The minimum Gasteiger partial charge on any atom is -0.373 e. The van der Waals surface area contributed by atoms with Gasteiger partial charge in [-0.15, -0.1) is 0 Å². The maximum Gasteiger partial charge on any atom is 0.254 e. The third-order valence-electron chi connectivity index (χ3n) is 4.68. The summed E-state index contributed by atoms with van der Waals surface area (Å²) < 4.78 is 9.76. The van der Waals surface area contributed by atoms with E-state index in [1.807, 2.05) is 23.9 Å². The van der Waals surface area contributed by atoms with Crippen LogP contribution in [0.15, 0.2) is 24.8 Å². The summed E-state index contributed by atoms with van der Waals surface area (Å²) in [4.78, 5) is 8.55. The predicted molar refractivity (Wildman–Crippen MR) is 93.3 cm³/mol. The number of aryl methyl sites for hydroxylation is 2. The molecule has 4 heterocycles. The van der Waals surface area contributed by atoms with Crippen LogP contribution in [0, 0.1) is 12.8 Å². The van der Waals surface area contributed by atoms with Crippen molar-refractivity contribution in [3.05, 3.63) is 36.0 Å². The van der Waals surface area contributed by atoms with Crippen LogP contribution in [0.4, 0.5) is 5.82 Å². The molecule has 0 saturated carbocycles. The molecule has 0 spiro atoms. The molecule has 0 aliphatic carbocycles. The third kappa shape index (κ3) is 3.21. The number of nitrogens with zero attached hydrogens (tertiary/aromatic N) is 6. The molecule has 0 radical (unpaired) electrons. The fraction of sp³-hybridized carbons (Fsp3) is 0.529. The van der Waals surface area contributed by atoms with Crippen LogP contribution in [0.1, 0.15) is 37.1 Å². The Labute approximate surface area is 146 Å². The molecule has 1 aliphatic rings. The Morgan fingerprint density at radius 2 is 2.28 bits per heavy atom. The molecule has 0 amide bonds. The van der Waals surface area contributed by atoms with E-state index in [4.69, 9.17) is 4.74 Å². The van der Waals surface area contributed by atoms with Crippen LogP contribution in [0.2, 0.25) is 0 Å². The van der Waals surface area contributed by atoms with Crippen LogP contribution in [0.25, 0.3) is 5.78 Å². The number of anilines is 1.